The molecule has 1 aliphatic rings. The lowest BCUT2D eigenvalue weighted by Crippen LogP contribution is -2.15. The zero-order valence-electron chi connectivity index (χ0n) is 22.8. The zero-order chi connectivity index (χ0) is 27.6. The van der Waals surface area contributed by atoms with Gasteiger partial charge in [0.05, 0.1) is 28.1 Å². The van der Waals surface area contributed by atoms with Crippen LogP contribution in [-0.4, -0.2) is 9.55 Å². The number of pyridine rings is 1. The molecule has 0 spiro atoms. The van der Waals surface area contributed by atoms with Crippen molar-refractivity contribution in [2.24, 2.45) is 0 Å². The molecule has 0 bridgehead atoms. The lowest BCUT2D eigenvalue weighted by atomic mass is 9.89. The van der Waals surface area contributed by atoms with E-state index in [-0.39, 0.29) is 0 Å². The van der Waals surface area contributed by atoms with Gasteiger partial charge in [-0.1, -0.05) is 91.0 Å². The molecule has 0 unspecified atom stereocenters. The number of hydrogen-bond donors (Lipinski definition) is 0. The number of fused-ring (bicyclic) bond motifs is 6. The van der Waals surface area contributed by atoms with Crippen molar-refractivity contribution in [1.82, 2.24) is 9.55 Å². The third-order valence-electron chi connectivity index (χ3n) is 8.55. The molecule has 0 aliphatic carbocycles. The average molecular weight is 536 g/mol. The molecule has 0 N–H and O–H groups in total. The summed E-state index contributed by atoms with van der Waals surface area (Å²) in [5.74, 6) is 0. The fourth-order valence-corrected chi connectivity index (χ4v) is 6.78. The standard InChI is InChI=1S/C39H25N3/c1-2-12-28(13-3-1)42-35-18-9-11-27-10-8-15-30(37(27)35)31-23-24-36-38(39(31)42)32-14-4-5-17-34(32)41(36)29-21-19-26(20-22-29)33-16-6-7-25-40-33/h1-25H. The van der Waals surface area contributed by atoms with Crippen LogP contribution in [0.15, 0.2) is 152 Å². The first-order chi connectivity index (χ1) is 20.9. The van der Waals surface area contributed by atoms with Crippen LogP contribution >= 0.6 is 0 Å². The summed E-state index contributed by atoms with van der Waals surface area (Å²) in [5.41, 5.74) is 11.7. The molecule has 0 radical (unpaired) electrons. The zero-order valence-corrected chi connectivity index (χ0v) is 22.8. The minimum Gasteiger partial charge on any atom is -0.309 e. The summed E-state index contributed by atoms with van der Waals surface area (Å²) in [6, 6.07) is 52.3. The molecule has 42 heavy (non-hydrogen) atoms. The second-order valence-corrected chi connectivity index (χ2v) is 10.8. The summed E-state index contributed by atoms with van der Waals surface area (Å²) < 4.78 is 2.40. The van der Waals surface area contributed by atoms with E-state index in [9.17, 15) is 0 Å². The molecule has 196 valence electrons. The maximum atomic E-state index is 4.55. The second kappa shape index (κ2) is 8.92. The van der Waals surface area contributed by atoms with Gasteiger partial charge in [-0.25, -0.2) is 0 Å². The minimum atomic E-state index is 0.978. The summed E-state index contributed by atoms with van der Waals surface area (Å²) in [6.45, 7) is 0. The van der Waals surface area contributed by atoms with Gasteiger partial charge in [0, 0.05) is 44.9 Å². The first-order valence-electron chi connectivity index (χ1n) is 14.3. The normalized spacial score (nSPS) is 12.2. The SMILES string of the molecule is c1ccc(N2c3cccc4cccc(c34)-c3ccc4c(c32)c2ccccc2n4-c2ccc(-c3ccccn3)cc2)cc1. The Kier molecular flexibility index (Phi) is 4.90. The van der Waals surface area contributed by atoms with Crippen LogP contribution < -0.4 is 4.90 Å². The van der Waals surface area contributed by atoms with E-state index in [1.165, 1.54) is 55.1 Å². The van der Waals surface area contributed by atoms with Crippen molar-refractivity contribution >= 4 is 49.6 Å². The van der Waals surface area contributed by atoms with E-state index in [0.29, 0.717) is 0 Å². The van der Waals surface area contributed by atoms with Crippen molar-refractivity contribution in [1.29, 1.82) is 0 Å². The molecule has 9 rings (SSSR count). The minimum absolute atomic E-state index is 0.978. The van der Waals surface area contributed by atoms with Crippen molar-refractivity contribution < 1.29 is 0 Å². The van der Waals surface area contributed by atoms with E-state index >= 15 is 0 Å². The molecule has 0 atom stereocenters. The molecule has 0 amide bonds. The molecule has 0 fully saturated rings. The highest BCUT2D eigenvalue weighted by Gasteiger charge is 2.29. The number of anilines is 3. The topological polar surface area (TPSA) is 21.1 Å². The molecular formula is C39H25N3. The van der Waals surface area contributed by atoms with Gasteiger partial charge in [0.2, 0.25) is 0 Å². The number of rotatable bonds is 3. The number of aromatic nitrogens is 2. The molecule has 2 aromatic heterocycles. The summed E-state index contributed by atoms with van der Waals surface area (Å²) in [5, 5.41) is 5.05. The molecule has 1 aliphatic heterocycles. The van der Waals surface area contributed by atoms with Crippen molar-refractivity contribution in [2.75, 3.05) is 4.90 Å². The molecule has 0 saturated heterocycles. The Morgan fingerprint density at radius 1 is 0.476 bits per heavy atom. The Balaban J connectivity index is 1.37. The summed E-state index contributed by atoms with van der Waals surface area (Å²) in [4.78, 5) is 7.01. The first kappa shape index (κ1) is 23.1. The number of hydrogen-bond acceptors (Lipinski definition) is 2. The molecule has 0 saturated carbocycles. The smallest absolute Gasteiger partial charge is 0.0701 e. The number of benzene rings is 6. The van der Waals surface area contributed by atoms with Crippen LogP contribution in [0.2, 0.25) is 0 Å². The maximum Gasteiger partial charge on any atom is 0.0701 e. The van der Waals surface area contributed by atoms with Crippen LogP contribution in [0.25, 0.3) is 60.6 Å². The molecular weight excluding hydrogens is 510 g/mol. The number of para-hydroxylation sites is 2. The predicted molar refractivity (Wildman–Crippen MR) is 175 cm³/mol. The van der Waals surface area contributed by atoms with Gasteiger partial charge in [0.1, 0.15) is 0 Å². The third-order valence-corrected chi connectivity index (χ3v) is 8.55. The lowest BCUT2D eigenvalue weighted by molar-refractivity contribution is 1.18. The molecule has 6 aromatic carbocycles. The van der Waals surface area contributed by atoms with Crippen LogP contribution in [0.3, 0.4) is 0 Å². The van der Waals surface area contributed by atoms with Gasteiger partial charge in [0.25, 0.3) is 0 Å². The molecule has 3 nitrogen and oxygen atoms in total. The van der Waals surface area contributed by atoms with E-state index < -0.39 is 0 Å². The fourth-order valence-electron chi connectivity index (χ4n) is 6.78. The Bertz CT molecular complexity index is 2280. The van der Waals surface area contributed by atoms with Crippen LogP contribution in [0.1, 0.15) is 0 Å². The number of nitrogens with zero attached hydrogens (tertiary/aromatic N) is 3. The van der Waals surface area contributed by atoms with E-state index in [0.717, 1.165) is 22.6 Å². The highest BCUT2D eigenvalue weighted by atomic mass is 15.2. The Hall–Kier alpha value is -5.67. The average Bonchev–Trinajstić information content (AvgIpc) is 3.41. The summed E-state index contributed by atoms with van der Waals surface area (Å²) in [6.07, 6.45) is 1.84. The molecule has 3 heterocycles. The van der Waals surface area contributed by atoms with Gasteiger partial charge in [-0.2, -0.15) is 0 Å². The summed E-state index contributed by atoms with van der Waals surface area (Å²) in [7, 11) is 0. The predicted octanol–water partition coefficient (Wildman–Crippen LogP) is 10.4. The quantitative estimate of drug-likeness (QED) is 0.224. The monoisotopic (exact) mass is 535 g/mol. The van der Waals surface area contributed by atoms with Crippen LogP contribution in [0.4, 0.5) is 17.1 Å². The fraction of sp³-hybridized carbons (Fsp3) is 0. The van der Waals surface area contributed by atoms with E-state index in [1.807, 2.05) is 18.3 Å². The van der Waals surface area contributed by atoms with Crippen LogP contribution in [0.5, 0.6) is 0 Å². The van der Waals surface area contributed by atoms with Crippen LogP contribution in [0, 0.1) is 0 Å². The second-order valence-electron chi connectivity index (χ2n) is 10.8. The molecule has 8 aromatic rings. The van der Waals surface area contributed by atoms with Crippen molar-refractivity contribution in [2.45, 2.75) is 0 Å². The Morgan fingerprint density at radius 2 is 1.26 bits per heavy atom. The molecule has 3 heteroatoms. The van der Waals surface area contributed by atoms with Gasteiger partial charge in [-0.15, -0.1) is 0 Å². The van der Waals surface area contributed by atoms with Crippen molar-refractivity contribution in [3.05, 3.63) is 152 Å². The van der Waals surface area contributed by atoms with E-state index in [2.05, 4.69) is 148 Å². The maximum absolute atomic E-state index is 4.55. The van der Waals surface area contributed by atoms with Gasteiger partial charge in [-0.05, 0) is 65.5 Å². The van der Waals surface area contributed by atoms with Gasteiger partial charge in [0.15, 0.2) is 0 Å². The van der Waals surface area contributed by atoms with Gasteiger partial charge in [-0.3, -0.25) is 4.98 Å². The highest BCUT2D eigenvalue weighted by Crippen LogP contribution is 2.54. The van der Waals surface area contributed by atoms with Crippen molar-refractivity contribution in [3.8, 4) is 28.1 Å². The summed E-state index contributed by atoms with van der Waals surface area (Å²) >= 11 is 0. The largest absolute Gasteiger partial charge is 0.309 e. The lowest BCUT2D eigenvalue weighted by Gasteiger charge is -2.34. The Labute approximate surface area is 243 Å². The van der Waals surface area contributed by atoms with Crippen molar-refractivity contribution in [3.63, 3.8) is 0 Å². The van der Waals surface area contributed by atoms with Crippen LogP contribution in [-0.2, 0) is 0 Å². The van der Waals surface area contributed by atoms with Gasteiger partial charge < -0.3 is 9.47 Å². The Morgan fingerprint density at radius 3 is 2.10 bits per heavy atom. The van der Waals surface area contributed by atoms with E-state index in [1.54, 1.807) is 0 Å². The van der Waals surface area contributed by atoms with E-state index in [4.69, 9.17) is 0 Å². The van der Waals surface area contributed by atoms with Gasteiger partial charge >= 0.3 is 0 Å². The first-order valence-corrected chi connectivity index (χ1v) is 14.3. The third kappa shape index (κ3) is 3.25. The highest BCUT2D eigenvalue weighted by molar-refractivity contribution is 6.24.